The normalized spacial score (nSPS) is 14.4. The lowest BCUT2D eigenvalue weighted by atomic mass is 9.75. The minimum atomic E-state index is 0.0695. The van der Waals surface area contributed by atoms with Crippen molar-refractivity contribution in [1.29, 1.82) is 0 Å². The van der Waals surface area contributed by atoms with Crippen LogP contribution in [0.5, 0.6) is 0 Å². The maximum absolute atomic E-state index is 2.54. The lowest BCUT2D eigenvalue weighted by molar-refractivity contribution is 0.550. The predicted molar refractivity (Wildman–Crippen MR) is 260 cm³/mol. The highest BCUT2D eigenvalue weighted by Gasteiger charge is 2.45. The molecule has 61 heavy (non-hydrogen) atoms. The first-order valence-electron chi connectivity index (χ1n) is 22.0. The Morgan fingerprint density at radius 3 is 1.02 bits per heavy atom. The Hall–Kier alpha value is -7.28. The highest BCUT2D eigenvalue weighted by molar-refractivity contribution is 6.26. The molecule has 1 saturated carbocycles. The highest BCUT2D eigenvalue weighted by Crippen LogP contribution is 2.58. The fraction of sp³-hybridized carbons (Fsp3) is 0.0820. The Morgan fingerprint density at radius 1 is 0.262 bits per heavy atom. The lowest BCUT2D eigenvalue weighted by Crippen LogP contribution is -2.20. The van der Waals surface area contributed by atoms with E-state index in [1.165, 1.54) is 157 Å². The topological polar surface area (TPSA) is 0 Å². The van der Waals surface area contributed by atoms with Crippen molar-refractivity contribution in [2.75, 3.05) is 0 Å². The molecule has 0 amide bonds. The summed E-state index contributed by atoms with van der Waals surface area (Å²) < 4.78 is 0. The standard InChI is InChI=1S/C61H40/c1-2-34-61(33-1)55-35-47(37-9-13-39(14-10-37)49-27-21-45-19-17-41-5-3-7-43-23-31-53(49)59(45)57(41)43)25-29-51(55)52-30-26-48(36-56(52)61)38-11-15-40(16-12-38)50-28-22-46-20-18-42-6-4-8-44-24-32-54(50)60(46)58(42)44/h3-32,35-36H,1-2,33-34H2. The van der Waals surface area contributed by atoms with Crippen molar-refractivity contribution >= 4 is 64.6 Å². The predicted octanol–water partition coefficient (Wildman–Crippen LogP) is 17.0. The molecule has 2 aliphatic rings. The average Bonchev–Trinajstić information content (AvgIpc) is 3.93. The molecule has 14 rings (SSSR count). The summed E-state index contributed by atoms with van der Waals surface area (Å²) in [5.41, 5.74) is 16.2. The summed E-state index contributed by atoms with van der Waals surface area (Å²) >= 11 is 0. The van der Waals surface area contributed by atoms with Crippen LogP contribution in [0.2, 0.25) is 0 Å². The van der Waals surface area contributed by atoms with Gasteiger partial charge in [0.1, 0.15) is 0 Å². The zero-order valence-corrected chi connectivity index (χ0v) is 33.8. The molecule has 1 spiro atoms. The monoisotopic (exact) mass is 772 g/mol. The van der Waals surface area contributed by atoms with Gasteiger partial charge in [-0.05, 0) is 156 Å². The van der Waals surface area contributed by atoms with Crippen LogP contribution in [0.4, 0.5) is 0 Å². The molecule has 0 saturated heterocycles. The van der Waals surface area contributed by atoms with E-state index in [1.54, 1.807) is 0 Å². The highest BCUT2D eigenvalue weighted by atomic mass is 14.5. The van der Waals surface area contributed by atoms with Crippen LogP contribution in [-0.2, 0) is 5.41 Å². The first-order chi connectivity index (χ1) is 30.2. The molecule has 12 aromatic rings. The molecular formula is C61H40. The van der Waals surface area contributed by atoms with E-state index >= 15 is 0 Å². The molecule has 12 aromatic carbocycles. The fourth-order valence-corrected chi connectivity index (χ4v) is 12.0. The molecule has 284 valence electrons. The first kappa shape index (κ1) is 33.5. The second-order valence-electron chi connectivity index (χ2n) is 17.9. The molecule has 0 atom stereocenters. The zero-order valence-electron chi connectivity index (χ0n) is 33.8. The maximum atomic E-state index is 2.54. The van der Waals surface area contributed by atoms with E-state index in [4.69, 9.17) is 0 Å². The SMILES string of the molecule is c1cc2ccc3ccc(-c4ccc(-c5ccc6c(c5)C5(CCCC5)c5cc(-c7ccc(-c8ccc9ccc%10cccc%11ccc8c9c%10%11)cc7)ccc5-6)cc4)c4ccc(c1)c2c34. The van der Waals surface area contributed by atoms with E-state index in [0.29, 0.717) is 0 Å². The van der Waals surface area contributed by atoms with Gasteiger partial charge in [0.15, 0.2) is 0 Å². The van der Waals surface area contributed by atoms with Gasteiger partial charge in [0, 0.05) is 5.41 Å². The fourth-order valence-electron chi connectivity index (χ4n) is 12.0. The number of hydrogen-bond donors (Lipinski definition) is 0. The summed E-state index contributed by atoms with van der Waals surface area (Å²) in [6.45, 7) is 0. The van der Waals surface area contributed by atoms with Gasteiger partial charge in [-0.3, -0.25) is 0 Å². The quantitative estimate of drug-likeness (QED) is 0.156. The largest absolute Gasteiger partial charge is 0.0610 e. The molecule has 0 aromatic heterocycles. The van der Waals surface area contributed by atoms with Gasteiger partial charge in [-0.2, -0.15) is 0 Å². The van der Waals surface area contributed by atoms with Crippen LogP contribution in [-0.4, -0.2) is 0 Å². The third-order valence-electron chi connectivity index (χ3n) is 14.9. The van der Waals surface area contributed by atoms with Crippen LogP contribution in [0.1, 0.15) is 36.8 Å². The van der Waals surface area contributed by atoms with E-state index in [-0.39, 0.29) is 5.41 Å². The lowest BCUT2D eigenvalue weighted by Gasteiger charge is -2.27. The molecule has 0 radical (unpaired) electrons. The number of fused-ring (bicyclic) bond motifs is 5. The molecule has 2 aliphatic carbocycles. The van der Waals surface area contributed by atoms with Crippen LogP contribution >= 0.6 is 0 Å². The summed E-state index contributed by atoms with van der Waals surface area (Å²) in [4.78, 5) is 0. The van der Waals surface area contributed by atoms with E-state index in [0.717, 1.165) is 0 Å². The van der Waals surface area contributed by atoms with Crippen molar-refractivity contribution in [1.82, 2.24) is 0 Å². The molecule has 0 N–H and O–H groups in total. The number of rotatable bonds is 4. The number of benzene rings is 12. The van der Waals surface area contributed by atoms with Crippen molar-refractivity contribution in [2.45, 2.75) is 31.1 Å². The average molecular weight is 773 g/mol. The summed E-state index contributed by atoms with van der Waals surface area (Å²) in [7, 11) is 0. The van der Waals surface area contributed by atoms with Crippen molar-refractivity contribution < 1.29 is 0 Å². The van der Waals surface area contributed by atoms with Crippen molar-refractivity contribution in [3.05, 3.63) is 205 Å². The van der Waals surface area contributed by atoms with Crippen LogP contribution < -0.4 is 0 Å². The second-order valence-corrected chi connectivity index (χ2v) is 17.9. The summed E-state index contributed by atoms with van der Waals surface area (Å²) in [5.74, 6) is 0. The van der Waals surface area contributed by atoms with Crippen molar-refractivity contribution in [3.63, 3.8) is 0 Å². The minimum Gasteiger partial charge on any atom is -0.0610 e. The van der Waals surface area contributed by atoms with Gasteiger partial charge in [0.25, 0.3) is 0 Å². The molecule has 0 heteroatoms. The van der Waals surface area contributed by atoms with E-state index in [9.17, 15) is 0 Å². The third-order valence-corrected chi connectivity index (χ3v) is 14.9. The molecule has 0 unspecified atom stereocenters. The van der Waals surface area contributed by atoms with Gasteiger partial charge in [-0.25, -0.2) is 0 Å². The summed E-state index contributed by atoms with van der Waals surface area (Å²) in [6, 6.07) is 74.1. The zero-order chi connectivity index (χ0) is 39.8. The molecule has 0 heterocycles. The molecule has 0 aliphatic heterocycles. The van der Waals surface area contributed by atoms with Gasteiger partial charge < -0.3 is 0 Å². The van der Waals surface area contributed by atoms with Crippen molar-refractivity contribution in [3.8, 4) is 55.6 Å². The molecule has 0 nitrogen and oxygen atoms in total. The minimum absolute atomic E-state index is 0.0695. The maximum Gasteiger partial charge on any atom is 0.0215 e. The molecule has 0 bridgehead atoms. The van der Waals surface area contributed by atoms with E-state index < -0.39 is 0 Å². The third kappa shape index (κ3) is 4.71. The van der Waals surface area contributed by atoms with Gasteiger partial charge in [-0.15, -0.1) is 0 Å². The number of hydrogen-bond acceptors (Lipinski definition) is 0. The summed E-state index contributed by atoms with van der Waals surface area (Å²) in [6.07, 6.45) is 4.97. The van der Waals surface area contributed by atoms with E-state index in [2.05, 4.69) is 194 Å². The van der Waals surface area contributed by atoms with Crippen LogP contribution in [0.15, 0.2) is 194 Å². The van der Waals surface area contributed by atoms with Gasteiger partial charge in [0.05, 0.1) is 0 Å². The molecule has 1 fully saturated rings. The Balaban J connectivity index is 0.802. The van der Waals surface area contributed by atoms with Crippen molar-refractivity contribution in [2.24, 2.45) is 0 Å². The van der Waals surface area contributed by atoms with Crippen LogP contribution in [0.3, 0.4) is 0 Å². The Labute approximate surface area is 355 Å². The Kier molecular flexibility index (Phi) is 6.81. The molecular weight excluding hydrogens is 733 g/mol. The summed E-state index contributed by atoms with van der Waals surface area (Å²) in [5, 5.41) is 16.0. The smallest absolute Gasteiger partial charge is 0.0215 e. The van der Waals surface area contributed by atoms with Gasteiger partial charge in [0.2, 0.25) is 0 Å². The first-order valence-corrected chi connectivity index (χ1v) is 22.0. The second kappa shape index (κ2) is 12.4. The Morgan fingerprint density at radius 2 is 0.590 bits per heavy atom. The van der Waals surface area contributed by atoms with Crippen LogP contribution in [0, 0.1) is 0 Å². The van der Waals surface area contributed by atoms with Crippen LogP contribution in [0.25, 0.3) is 120 Å². The van der Waals surface area contributed by atoms with E-state index in [1.807, 2.05) is 0 Å². The Bertz CT molecular complexity index is 3450. The van der Waals surface area contributed by atoms with Gasteiger partial charge in [-0.1, -0.05) is 195 Å². The van der Waals surface area contributed by atoms with Gasteiger partial charge >= 0.3 is 0 Å².